The minimum atomic E-state index is -0.773. The molecule has 3 aliphatic rings. The highest BCUT2D eigenvalue weighted by molar-refractivity contribution is 6.30. The van der Waals surface area contributed by atoms with Gasteiger partial charge in [-0.3, -0.25) is 19.6 Å². The summed E-state index contributed by atoms with van der Waals surface area (Å²) in [7, 11) is 0. The topological polar surface area (TPSA) is 83.8 Å². The smallest absolute Gasteiger partial charge is 0.410 e. The molecular formula is C45H49ClN6O3. The molecule has 0 radical (unpaired) electrons. The Morgan fingerprint density at radius 1 is 0.855 bits per heavy atom. The van der Waals surface area contributed by atoms with Crippen LogP contribution in [0.1, 0.15) is 78.1 Å². The van der Waals surface area contributed by atoms with Crippen LogP contribution in [-0.2, 0) is 35.3 Å². The van der Waals surface area contributed by atoms with Gasteiger partial charge in [0.1, 0.15) is 12.1 Å². The van der Waals surface area contributed by atoms with E-state index in [0.717, 1.165) is 80.3 Å². The van der Waals surface area contributed by atoms with Gasteiger partial charge in [-0.25, -0.2) is 9.78 Å². The summed E-state index contributed by atoms with van der Waals surface area (Å²) in [6.45, 7) is 2.40. The Balaban J connectivity index is 1.15. The second-order valence-corrected chi connectivity index (χ2v) is 15.6. The van der Waals surface area contributed by atoms with Gasteiger partial charge in [-0.2, -0.15) is 0 Å². The minimum absolute atomic E-state index is 0.107. The number of piperazine rings is 1. The molecular weight excluding hydrogens is 708 g/mol. The zero-order valence-electron chi connectivity index (χ0n) is 31.3. The molecule has 2 unspecified atom stereocenters. The van der Waals surface area contributed by atoms with Crippen molar-refractivity contribution < 1.29 is 14.3 Å². The molecule has 1 aliphatic heterocycles. The van der Waals surface area contributed by atoms with Crippen molar-refractivity contribution in [2.24, 2.45) is 0 Å². The highest BCUT2D eigenvalue weighted by atomic mass is 35.5. The zero-order valence-corrected chi connectivity index (χ0v) is 32.1. The van der Waals surface area contributed by atoms with E-state index in [1.165, 1.54) is 16.7 Å². The maximum Gasteiger partial charge on any atom is 0.410 e. The third kappa shape index (κ3) is 8.63. The summed E-state index contributed by atoms with van der Waals surface area (Å²) < 4.78 is 8.22. The molecule has 2 aromatic heterocycles. The monoisotopic (exact) mass is 756 g/mol. The molecule has 284 valence electrons. The molecule has 10 heteroatoms. The zero-order chi connectivity index (χ0) is 37.6. The maximum atomic E-state index is 15.4. The number of hydrogen-bond acceptors (Lipinski definition) is 6. The van der Waals surface area contributed by atoms with Gasteiger partial charge in [0.05, 0.1) is 18.1 Å². The molecule has 0 bridgehead atoms. The Morgan fingerprint density at radius 2 is 1.69 bits per heavy atom. The quantitative estimate of drug-likeness (QED) is 0.143. The third-order valence-corrected chi connectivity index (χ3v) is 11.7. The fourth-order valence-corrected chi connectivity index (χ4v) is 8.85. The summed E-state index contributed by atoms with van der Waals surface area (Å²) in [5.41, 5.74) is 7.64. The summed E-state index contributed by atoms with van der Waals surface area (Å²) in [6.07, 6.45) is 15.1. The highest BCUT2D eigenvalue weighted by Crippen LogP contribution is 2.38. The number of anilines is 1. The van der Waals surface area contributed by atoms with Crippen molar-refractivity contribution in [1.82, 2.24) is 24.3 Å². The number of imidazole rings is 1. The molecule has 3 heterocycles. The van der Waals surface area contributed by atoms with Gasteiger partial charge >= 0.3 is 6.09 Å². The number of fused-ring (bicyclic) bond motifs is 2. The molecule has 2 aliphatic carbocycles. The summed E-state index contributed by atoms with van der Waals surface area (Å²) in [5.74, 6) is -0.107. The molecule has 0 spiro atoms. The van der Waals surface area contributed by atoms with Gasteiger partial charge in [0.2, 0.25) is 0 Å². The fourth-order valence-electron chi connectivity index (χ4n) is 8.66. The van der Waals surface area contributed by atoms with Crippen LogP contribution in [0.2, 0.25) is 5.02 Å². The Bertz CT molecular complexity index is 2070. The van der Waals surface area contributed by atoms with Gasteiger partial charge in [0, 0.05) is 62.0 Å². The van der Waals surface area contributed by atoms with Gasteiger partial charge in [-0.1, -0.05) is 72.6 Å². The predicted molar refractivity (Wildman–Crippen MR) is 215 cm³/mol. The number of pyridine rings is 1. The number of hydrogen-bond donors (Lipinski definition) is 0. The minimum Gasteiger partial charge on any atom is -0.446 e. The number of carbonyl (C=O) groups excluding carboxylic acids is 2. The largest absolute Gasteiger partial charge is 0.446 e. The number of benzene rings is 3. The van der Waals surface area contributed by atoms with Gasteiger partial charge in [-0.15, -0.1) is 0 Å². The first kappa shape index (κ1) is 37.0. The number of aryl methyl sites for hydroxylation is 3. The second-order valence-electron chi connectivity index (χ2n) is 15.1. The van der Waals surface area contributed by atoms with Crippen LogP contribution in [0.25, 0.3) is 0 Å². The third-order valence-electron chi connectivity index (χ3n) is 11.5. The standard InChI is InChI=1S/C45H49ClN6O3/c46-37-20-21-40-36(29-37)19-18-35-14-8-22-48-42(35)43(40)50-26-27-52(45(54)55-39-16-5-2-6-17-39)41(31-50)44(53)51(24-9-13-33-10-3-1-4-11-33)38-15-7-12-34(28-38)30-49-25-23-47-32-49/h1,3-4,7-8,10-12,14-15,20-23,25,28-29,32,39,41,43H,2,5-6,9,13,16-19,24,26-27,30-31H2. The lowest BCUT2D eigenvalue weighted by Crippen LogP contribution is -2.62. The van der Waals surface area contributed by atoms with Gasteiger partial charge in [-0.05, 0) is 110 Å². The van der Waals surface area contributed by atoms with Crippen molar-refractivity contribution in [3.63, 3.8) is 0 Å². The SMILES string of the molecule is O=C(C1CN(C2c3ccc(Cl)cc3CCc3cccnc32)CCN1C(=O)OC1CCCCC1)N(CCCc1ccccc1)c1cccc(Cn2ccnc2)c1. The summed E-state index contributed by atoms with van der Waals surface area (Å²) in [4.78, 5) is 44.8. The van der Waals surface area contributed by atoms with Crippen LogP contribution in [-0.4, -0.2) is 74.7 Å². The average Bonchev–Trinajstić information content (AvgIpc) is 3.67. The number of aromatic nitrogens is 3. The molecule has 1 saturated heterocycles. The van der Waals surface area contributed by atoms with Crippen molar-refractivity contribution in [2.75, 3.05) is 31.1 Å². The van der Waals surface area contributed by atoms with Crippen LogP contribution in [0, 0.1) is 0 Å². The van der Waals surface area contributed by atoms with E-state index in [9.17, 15) is 4.79 Å². The Labute approximate surface area is 328 Å². The molecule has 9 nitrogen and oxygen atoms in total. The van der Waals surface area contributed by atoms with E-state index in [0.29, 0.717) is 37.7 Å². The van der Waals surface area contributed by atoms with E-state index < -0.39 is 12.1 Å². The lowest BCUT2D eigenvalue weighted by atomic mass is 9.95. The second kappa shape index (κ2) is 17.2. The Hall–Kier alpha value is -4.99. The molecule has 5 aromatic rings. The van der Waals surface area contributed by atoms with E-state index in [-0.39, 0.29) is 18.1 Å². The summed E-state index contributed by atoms with van der Waals surface area (Å²) in [6, 6.07) is 27.9. The van der Waals surface area contributed by atoms with Crippen LogP contribution in [0.4, 0.5) is 10.5 Å². The van der Waals surface area contributed by atoms with Crippen LogP contribution in [0.5, 0.6) is 0 Å². The molecule has 0 N–H and O–H groups in total. The van der Waals surface area contributed by atoms with Gasteiger partial charge < -0.3 is 14.2 Å². The van der Waals surface area contributed by atoms with Crippen LogP contribution < -0.4 is 4.90 Å². The first-order valence-electron chi connectivity index (χ1n) is 19.8. The number of rotatable bonds is 10. The number of halogens is 1. The first-order chi connectivity index (χ1) is 27.0. The summed E-state index contributed by atoms with van der Waals surface area (Å²) in [5, 5.41) is 0.709. The van der Waals surface area contributed by atoms with Crippen molar-refractivity contribution in [3.8, 4) is 0 Å². The predicted octanol–water partition coefficient (Wildman–Crippen LogP) is 8.29. The molecule has 1 saturated carbocycles. The van der Waals surface area contributed by atoms with E-state index in [2.05, 4.69) is 64.5 Å². The van der Waals surface area contributed by atoms with Crippen molar-refractivity contribution >= 4 is 29.3 Å². The molecule has 2 fully saturated rings. The number of nitrogens with zero attached hydrogens (tertiary/aromatic N) is 6. The Kier molecular flexibility index (Phi) is 11.6. The number of ether oxygens (including phenoxy) is 1. The van der Waals surface area contributed by atoms with E-state index in [4.69, 9.17) is 21.3 Å². The molecule has 2 amide bonds. The van der Waals surface area contributed by atoms with Crippen LogP contribution in [0.3, 0.4) is 0 Å². The van der Waals surface area contributed by atoms with E-state index in [1.807, 2.05) is 52.2 Å². The normalized spacial score (nSPS) is 18.9. The van der Waals surface area contributed by atoms with Crippen molar-refractivity contribution in [3.05, 3.63) is 148 Å². The van der Waals surface area contributed by atoms with Gasteiger partial charge in [0.15, 0.2) is 0 Å². The van der Waals surface area contributed by atoms with Gasteiger partial charge in [0.25, 0.3) is 5.91 Å². The number of carbonyl (C=O) groups is 2. The van der Waals surface area contributed by atoms with Crippen molar-refractivity contribution in [2.45, 2.75) is 82.5 Å². The molecule has 8 rings (SSSR count). The average molecular weight is 757 g/mol. The molecule has 2 atom stereocenters. The molecule has 55 heavy (non-hydrogen) atoms. The van der Waals surface area contributed by atoms with Crippen LogP contribution in [0.15, 0.2) is 110 Å². The Morgan fingerprint density at radius 3 is 2.53 bits per heavy atom. The maximum absolute atomic E-state index is 15.4. The molecule has 3 aromatic carbocycles. The lowest BCUT2D eigenvalue weighted by Gasteiger charge is -2.45. The van der Waals surface area contributed by atoms with E-state index >= 15 is 4.79 Å². The van der Waals surface area contributed by atoms with Crippen LogP contribution >= 0.6 is 11.6 Å². The fraction of sp³-hybridized carbons (Fsp3) is 0.378. The summed E-state index contributed by atoms with van der Waals surface area (Å²) >= 11 is 6.56. The lowest BCUT2D eigenvalue weighted by molar-refractivity contribution is -0.126. The van der Waals surface area contributed by atoms with E-state index in [1.54, 1.807) is 17.4 Å². The van der Waals surface area contributed by atoms with Crippen molar-refractivity contribution in [1.29, 1.82) is 0 Å². The highest BCUT2D eigenvalue weighted by Gasteiger charge is 2.43. The number of amides is 2. The first-order valence-corrected chi connectivity index (χ1v) is 20.2.